The molecule has 0 bridgehead atoms. The van der Waals surface area contributed by atoms with E-state index >= 15 is 0 Å². The average molecular weight is 230 g/mol. The van der Waals surface area contributed by atoms with E-state index in [-0.39, 0.29) is 0 Å². The fourth-order valence-corrected chi connectivity index (χ4v) is 2.32. The third-order valence-corrected chi connectivity index (χ3v) is 3.51. The third-order valence-electron chi connectivity index (χ3n) is 3.19. The molecule has 0 atom stereocenters. The molecular weight excluding hydrogens is 204 g/mol. The van der Waals surface area contributed by atoms with Gasteiger partial charge in [0.15, 0.2) is 0 Å². The van der Waals surface area contributed by atoms with Gasteiger partial charge in [-0.1, -0.05) is 6.42 Å². The fourth-order valence-electron chi connectivity index (χ4n) is 2.10. The van der Waals surface area contributed by atoms with Gasteiger partial charge >= 0.3 is 0 Å². The molecule has 0 unspecified atom stereocenters. The van der Waals surface area contributed by atoms with E-state index in [2.05, 4.69) is 29.5 Å². The van der Waals surface area contributed by atoms with Crippen LogP contribution < -0.4 is 0 Å². The SMILES string of the molecule is CN(CCCCCS)CCN1CCCC1. The Morgan fingerprint density at radius 2 is 1.80 bits per heavy atom. The maximum absolute atomic E-state index is 4.23. The van der Waals surface area contributed by atoms with Crippen LogP contribution in [0.15, 0.2) is 0 Å². The van der Waals surface area contributed by atoms with Gasteiger partial charge in [-0.05, 0) is 58.1 Å². The number of hydrogen-bond acceptors (Lipinski definition) is 3. The molecule has 0 spiro atoms. The van der Waals surface area contributed by atoms with Crippen molar-refractivity contribution in [3.05, 3.63) is 0 Å². The van der Waals surface area contributed by atoms with Crippen molar-refractivity contribution in [2.75, 3.05) is 45.5 Å². The zero-order valence-corrected chi connectivity index (χ0v) is 11.0. The van der Waals surface area contributed by atoms with Gasteiger partial charge in [0.2, 0.25) is 0 Å². The summed E-state index contributed by atoms with van der Waals surface area (Å²) in [5.41, 5.74) is 0. The van der Waals surface area contributed by atoms with Gasteiger partial charge in [0.25, 0.3) is 0 Å². The molecule has 0 N–H and O–H groups in total. The van der Waals surface area contributed by atoms with E-state index in [1.807, 2.05) is 0 Å². The molecule has 1 rings (SSSR count). The summed E-state index contributed by atoms with van der Waals surface area (Å²) in [6.07, 6.45) is 6.75. The summed E-state index contributed by atoms with van der Waals surface area (Å²) in [6.45, 7) is 6.41. The molecule has 0 aromatic rings. The molecule has 15 heavy (non-hydrogen) atoms. The summed E-state index contributed by atoms with van der Waals surface area (Å²) in [5, 5.41) is 0. The lowest BCUT2D eigenvalue weighted by atomic mass is 10.2. The van der Waals surface area contributed by atoms with Gasteiger partial charge in [0.1, 0.15) is 0 Å². The maximum atomic E-state index is 4.23. The van der Waals surface area contributed by atoms with Crippen molar-refractivity contribution in [2.45, 2.75) is 32.1 Å². The molecule has 3 heteroatoms. The molecule has 0 saturated carbocycles. The Kier molecular flexibility index (Phi) is 7.49. The first kappa shape index (κ1) is 13.3. The van der Waals surface area contributed by atoms with Gasteiger partial charge in [0, 0.05) is 13.1 Å². The van der Waals surface area contributed by atoms with Crippen LogP contribution in [0.3, 0.4) is 0 Å². The first-order valence-corrected chi connectivity index (χ1v) is 6.98. The monoisotopic (exact) mass is 230 g/mol. The lowest BCUT2D eigenvalue weighted by molar-refractivity contribution is 0.254. The van der Waals surface area contributed by atoms with Crippen LogP contribution in [-0.2, 0) is 0 Å². The Balaban J connectivity index is 1.90. The largest absolute Gasteiger partial charge is 0.305 e. The van der Waals surface area contributed by atoms with E-state index in [9.17, 15) is 0 Å². The highest BCUT2D eigenvalue weighted by molar-refractivity contribution is 7.80. The minimum atomic E-state index is 1.04. The van der Waals surface area contributed by atoms with E-state index in [4.69, 9.17) is 0 Å². The zero-order chi connectivity index (χ0) is 10.9. The molecule has 1 aliphatic rings. The standard InChI is InChI=1S/C12H26N2S/c1-13(7-3-2-6-12-15)10-11-14-8-4-5-9-14/h15H,2-12H2,1H3. The highest BCUT2D eigenvalue weighted by atomic mass is 32.1. The van der Waals surface area contributed by atoms with E-state index < -0.39 is 0 Å². The smallest absolute Gasteiger partial charge is 0.0109 e. The van der Waals surface area contributed by atoms with Gasteiger partial charge in [-0.25, -0.2) is 0 Å². The van der Waals surface area contributed by atoms with Crippen molar-refractivity contribution in [2.24, 2.45) is 0 Å². The predicted octanol–water partition coefficient (Wildman–Crippen LogP) is 2.11. The Labute approximate surface area is 100 Å². The maximum Gasteiger partial charge on any atom is 0.0109 e. The number of rotatable bonds is 8. The van der Waals surface area contributed by atoms with E-state index in [0.29, 0.717) is 0 Å². The topological polar surface area (TPSA) is 6.48 Å². The minimum absolute atomic E-state index is 1.04. The molecule has 0 aromatic carbocycles. The summed E-state index contributed by atoms with van der Waals surface area (Å²) in [4.78, 5) is 5.06. The van der Waals surface area contributed by atoms with Crippen LogP contribution in [0.2, 0.25) is 0 Å². The zero-order valence-electron chi connectivity index (χ0n) is 10.1. The quantitative estimate of drug-likeness (QED) is 0.504. The van der Waals surface area contributed by atoms with Crippen LogP contribution in [0.5, 0.6) is 0 Å². The normalized spacial score (nSPS) is 17.8. The van der Waals surface area contributed by atoms with E-state index in [1.54, 1.807) is 0 Å². The van der Waals surface area contributed by atoms with Gasteiger partial charge < -0.3 is 9.80 Å². The van der Waals surface area contributed by atoms with E-state index in [0.717, 1.165) is 5.75 Å². The van der Waals surface area contributed by atoms with Crippen LogP contribution in [0.25, 0.3) is 0 Å². The molecule has 1 fully saturated rings. The average Bonchev–Trinajstić information content (AvgIpc) is 2.74. The lowest BCUT2D eigenvalue weighted by Gasteiger charge is -2.21. The van der Waals surface area contributed by atoms with Crippen LogP contribution in [0.4, 0.5) is 0 Å². The first-order valence-electron chi connectivity index (χ1n) is 6.34. The molecular formula is C12H26N2S. The van der Waals surface area contributed by atoms with Crippen molar-refractivity contribution < 1.29 is 0 Å². The Morgan fingerprint density at radius 1 is 1.07 bits per heavy atom. The molecule has 2 nitrogen and oxygen atoms in total. The summed E-state index contributed by atoms with van der Waals surface area (Å²) in [6, 6.07) is 0. The second-order valence-corrected chi connectivity index (χ2v) is 5.08. The summed E-state index contributed by atoms with van der Waals surface area (Å²) < 4.78 is 0. The van der Waals surface area contributed by atoms with Crippen molar-refractivity contribution in [3.8, 4) is 0 Å². The van der Waals surface area contributed by atoms with Crippen LogP contribution in [0.1, 0.15) is 32.1 Å². The highest BCUT2D eigenvalue weighted by Gasteiger charge is 2.11. The molecule has 1 heterocycles. The molecule has 1 aliphatic heterocycles. The summed E-state index contributed by atoms with van der Waals surface area (Å²) in [7, 11) is 2.25. The van der Waals surface area contributed by atoms with Crippen LogP contribution in [-0.4, -0.2) is 55.3 Å². The number of hydrogen-bond donors (Lipinski definition) is 1. The molecule has 0 aromatic heterocycles. The van der Waals surface area contributed by atoms with Crippen molar-refractivity contribution >= 4 is 12.6 Å². The number of unbranched alkanes of at least 4 members (excludes halogenated alkanes) is 2. The van der Waals surface area contributed by atoms with Crippen LogP contribution in [0, 0.1) is 0 Å². The number of likely N-dealkylation sites (N-methyl/N-ethyl adjacent to an activating group) is 1. The van der Waals surface area contributed by atoms with Crippen molar-refractivity contribution in [1.29, 1.82) is 0 Å². The minimum Gasteiger partial charge on any atom is -0.305 e. The number of likely N-dealkylation sites (tertiary alicyclic amines) is 1. The van der Waals surface area contributed by atoms with Gasteiger partial charge in [-0.2, -0.15) is 12.6 Å². The molecule has 0 amide bonds. The first-order chi connectivity index (χ1) is 7.33. The lowest BCUT2D eigenvalue weighted by Crippen LogP contribution is -2.31. The highest BCUT2D eigenvalue weighted by Crippen LogP contribution is 2.06. The molecule has 0 radical (unpaired) electrons. The van der Waals surface area contributed by atoms with Crippen LogP contribution >= 0.6 is 12.6 Å². The Morgan fingerprint density at radius 3 is 2.47 bits per heavy atom. The second kappa shape index (κ2) is 8.43. The third kappa shape index (κ3) is 6.44. The Bertz CT molecular complexity index is 147. The number of nitrogens with zero attached hydrogens (tertiary/aromatic N) is 2. The predicted molar refractivity (Wildman–Crippen MR) is 70.9 cm³/mol. The number of thiol groups is 1. The van der Waals surface area contributed by atoms with Gasteiger partial charge in [-0.3, -0.25) is 0 Å². The molecule has 0 aliphatic carbocycles. The summed E-state index contributed by atoms with van der Waals surface area (Å²) >= 11 is 4.23. The fraction of sp³-hybridized carbons (Fsp3) is 1.00. The van der Waals surface area contributed by atoms with Crippen molar-refractivity contribution in [1.82, 2.24) is 9.80 Å². The Hall–Kier alpha value is 0.270. The molecule has 90 valence electrons. The van der Waals surface area contributed by atoms with Gasteiger partial charge in [-0.15, -0.1) is 0 Å². The molecule has 1 saturated heterocycles. The van der Waals surface area contributed by atoms with E-state index in [1.165, 1.54) is 64.8 Å². The summed E-state index contributed by atoms with van der Waals surface area (Å²) in [5.74, 6) is 1.04. The van der Waals surface area contributed by atoms with Gasteiger partial charge in [0.05, 0.1) is 0 Å². The second-order valence-electron chi connectivity index (χ2n) is 4.64. The van der Waals surface area contributed by atoms with Crippen molar-refractivity contribution in [3.63, 3.8) is 0 Å².